The molecule has 0 spiro atoms. The second kappa shape index (κ2) is 14.5. The number of rotatable bonds is 15. The number of fused-ring (bicyclic) bond motifs is 1. The zero-order valence-corrected chi connectivity index (χ0v) is 22.2. The molecule has 37 heavy (non-hydrogen) atoms. The Kier molecular flexibility index (Phi) is 10.8. The molecule has 1 unspecified atom stereocenters. The van der Waals surface area contributed by atoms with Gasteiger partial charge in [0.15, 0.2) is 0 Å². The molecular weight excluding hydrogens is 488 g/mol. The number of carbonyl (C=O) groups is 2. The molecule has 0 aromatic carbocycles. The van der Waals surface area contributed by atoms with Crippen molar-refractivity contribution < 1.29 is 14.7 Å². The maximum atomic E-state index is 12.2. The number of unbranched alkanes of at least 4 members (excludes halogenated alkanes) is 3. The highest BCUT2D eigenvalue weighted by molar-refractivity contribution is 8.00. The van der Waals surface area contributed by atoms with Gasteiger partial charge in [-0.15, -0.1) is 0 Å². The number of hydrogen-bond acceptors (Lipinski definition) is 7. The lowest BCUT2D eigenvalue weighted by molar-refractivity contribution is -0.121. The van der Waals surface area contributed by atoms with Crippen LogP contribution in [0.1, 0.15) is 50.6 Å². The Labute approximate surface area is 224 Å². The smallest absolute Gasteiger partial charge is 0.315 e. The third-order valence-corrected chi connectivity index (χ3v) is 8.69. The fraction of sp³-hybridized carbons (Fsp3) is 0.630. The summed E-state index contributed by atoms with van der Waals surface area (Å²) in [5, 5.41) is 19.8. The topological polar surface area (TPSA) is 119 Å². The van der Waals surface area contributed by atoms with Gasteiger partial charge in [0, 0.05) is 49.5 Å². The molecule has 3 amide bonds. The van der Waals surface area contributed by atoms with Crippen molar-refractivity contribution in [2.75, 3.05) is 25.4 Å². The molecule has 2 fully saturated rings. The van der Waals surface area contributed by atoms with E-state index in [0.717, 1.165) is 63.1 Å². The Morgan fingerprint density at radius 1 is 1.19 bits per heavy atom. The SMILES string of the molecule is O=C(CCCC[C@@H]1SC[C@@H]2NC(=O)N[C@@H]21)NCCCCCN(Cc1ccccn1)CC1N=CC=C[C@@H]1O. The number of allylic oxidation sites excluding steroid dienone is 1. The van der Waals surface area contributed by atoms with Crippen molar-refractivity contribution in [3.8, 4) is 0 Å². The molecule has 3 aliphatic rings. The van der Waals surface area contributed by atoms with E-state index in [1.54, 1.807) is 18.4 Å². The van der Waals surface area contributed by atoms with Crippen molar-refractivity contribution in [3.05, 3.63) is 42.2 Å². The molecule has 4 rings (SSSR count). The first-order valence-electron chi connectivity index (χ1n) is 13.5. The van der Waals surface area contributed by atoms with Crippen LogP contribution in [0.25, 0.3) is 0 Å². The average molecular weight is 529 g/mol. The maximum absolute atomic E-state index is 12.2. The van der Waals surface area contributed by atoms with Crippen molar-refractivity contribution in [2.45, 2.75) is 81.0 Å². The number of hydrogen-bond donors (Lipinski definition) is 4. The third kappa shape index (κ3) is 8.83. The van der Waals surface area contributed by atoms with E-state index < -0.39 is 6.10 Å². The number of pyridine rings is 1. The second-order valence-corrected chi connectivity index (χ2v) is 11.3. The molecule has 0 radical (unpaired) electrons. The first-order chi connectivity index (χ1) is 18.1. The number of aliphatic hydroxyl groups is 1. The largest absolute Gasteiger partial charge is 0.387 e. The van der Waals surface area contributed by atoms with Crippen molar-refractivity contribution in [1.29, 1.82) is 0 Å². The Hall–Kier alpha value is -2.43. The number of aliphatic imine (C=N–C) groups is 1. The monoisotopic (exact) mass is 528 g/mol. The third-order valence-electron chi connectivity index (χ3n) is 7.18. The van der Waals surface area contributed by atoms with Crippen LogP contribution in [0.5, 0.6) is 0 Å². The van der Waals surface area contributed by atoms with Gasteiger partial charge in [-0.25, -0.2) is 4.79 Å². The van der Waals surface area contributed by atoms with Gasteiger partial charge in [0.05, 0.1) is 29.9 Å². The van der Waals surface area contributed by atoms with E-state index in [-0.39, 0.29) is 30.1 Å². The molecule has 1 aromatic rings. The van der Waals surface area contributed by atoms with E-state index in [4.69, 9.17) is 0 Å². The molecule has 2 saturated heterocycles. The fourth-order valence-electron chi connectivity index (χ4n) is 5.14. The minimum absolute atomic E-state index is 0.0461. The molecule has 10 heteroatoms. The molecular formula is C27H40N6O3S. The molecule has 4 heterocycles. The van der Waals surface area contributed by atoms with Crippen molar-refractivity contribution in [3.63, 3.8) is 0 Å². The number of carbonyl (C=O) groups excluding carboxylic acids is 2. The van der Waals surface area contributed by atoms with Crippen LogP contribution < -0.4 is 16.0 Å². The maximum Gasteiger partial charge on any atom is 0.315 e. The van der Waals surface area contributed by atoms with Crippen LogP contribution in [0, 0.1) is 0 Å². The number of urea groups is 1. The van der Waals surface area contributed by atoms with Crippen LogP contribution in [0.2, 0.25) is 0 Å². The van der Waals surface area contributed by atoms with E-state index in [9.17, 15) is 14.7 Å². The van der Waals surface area contributed by atoms with Crippen LogP contribution in [0.15, 0.2) is 41.5 Å². The molecule has 4 N–H and O–H groups in total. The molecule has 0 bridgehead atoms. The van der Waals surface area contributed by atoms with Crippen molar-refractivity contribution in [1.82, 2.24) is 25.8 Å². The Bertz CT molecular complexity index is 930. The van der Waals surface area contributed by atoms with Crippen LogP contribution in [0.4, 0.5) is 4.79 Å². The van der Waals surface area contributed by atoms with Crippen LogP contribution in [-0.2, 0) is 11.3 Å². The average Bonchev–Trinajstić information content (AvgIpc) is 3.45. The van der Waals surface area contributed by atoms with E-state index >= 15 is 0 Å². The summed E-state index contributed by atoms with van der Waals surface area (Å²) in [5.74, 6) is 1.10. The summed E-state index contributed by atoms with van der Waals surface area (Å²) < 4.78 is 0. The van der Waals surface area contributed by atoms with Gasteiger partial charge in [0.1, 0.15) is 0 Å². The van der Waals surface area contributed by atoms with Gasteiger partial charge in [0.2, 0.25) is 5.91 Å². The van der Waals surface area contributed by atoms with E-state index in [1.807, 2.05) is 36.2 Å². The summed E-state index contributed by atoms with van der Waals surface area (Å²) in [6.07, 6.45) is 13.1. The summed E-state index contributed by atoms with van der Waals surface area (Å²) in [6, 6.07) is 6.23. The van der Waals surface area contributed by atoms with Crippen molar-refractivity contribution >= 4 is 29.9 Å². The summed E-state index contributed by atoms with van der Waals surface area (Å²) in [6.45, 7) is 3.00. The highest BCUT2D eigenvalue weighted by Gasteiger charge is 2.42. The van der Waals surface area contributed by atoms with Gasteiger partial charge in [0.25, 0.3) is 0 Å². The zero-order valence-electron chi connectivity index (χ0n) is 21.4. The van der Waals surface area contributed by atoms with E-state index in [1.165, 1.54) is 0 Å². The number of nitrogens with one attached hydrogen (secondary N) is 3. The molecule has 3 aliphatic heterocycles. The normalized spacial score (nSPS) is 26.2. The molecule has 202 valence electrons. The molecule has 0 aliphatic carbocycles. The van der Waals surface area contributed by atoms with Gasteiger partial charge in [-0.05, 0) is 50.4 Å². The molecule has 1 aromatic heterocycles. The quantitative estimate of drug-likeness (QED) is 0.205. The predicted molar refractivity (Wildman–Crippen MR) is 148 cm³/mol. The Morgan fingerprint density at radius 3 is 2.95 bits per heavy atom. The molecule has 9 nitrogen and oxygen atoms in total. The van der Waals surface area contributed by atoms with Crippen molar-refractivity contribution in [2.24, 2.45) is 4.99 Å². The fourth-order valence-corrected chi connectivity index (χ4v) is 6.69. The lowest BCUT2D eigenvalue weighted by atomic mass is 10.0. The van der Waals surface area contributed by atoms with Crippen LogP contribution in [-0.4, -0.2) is 88.0 Å². The number of dihydropyridines is 1. The van der Waals surface area contributed by atoms with Gasteiger partial charge in [-0.1, -0.05) is 25.0 Å². The molecule has 5 atom stereocenters. The standard InChI is InChI=1S/C27H40N6O3S/c34-23-10-8-15-29-21(23)18-33(17-20-9-4-6-13-28-20)16-7-1-5-14-30-25(35)12-3-2-11-24-26-22(19-37-24)31-27(36)32-26/h4,6,8-10,13,15,21-24,26,34H,1-3,5,7,11-12,14,16-19H2,(H,30,35)(H2,31,32,36)/t21?,22-,23-,24-,26-/m0/s1. The predicted octanol–water partition coefficient (Wildman–Crippen LogP) is 2.27. The van der Waals surface area contributed by atoms with Crippen LogP contribution in [0.3, 0.4) is 0 Å². The number of aromatic nitrogens is 1. The highest BCUT2D eigenvalue weighted by atomic mass is 32.2. The lowest BCUT2D eigenvalue weighted by Crippen LogP contribution is -2.38. The van der Waals surface area contributed by atoms with Gasteiger partial charge in [-0.2, -0.15) is 11.8 Å². The summed E-state index contributed by atoms with van der Waals surface area (Å²) in [5.41, 5.74) is 1.01. The van der Waals surface area contributed by atoms with Gasteiger partial charge < -0.3 is 21.1 Å². The first kappa shape index (κ1) is 27.6. The lowest BCUT2D eigenvalue weighted by Gasteiger charge is -2.28. The molecule has 0 saturated carbocycles. The summed E-state index contributed by atoms with van der Waals surface area (Å²) in [7, 11) is 0. The minimum Gasteiger partial charge on any atom is -0.387 e. The number of thioether (sulfide) groups is 1. The Balaban J connectivity index is 1.06. The number of aliphatic hydroxyl groups excluding tert-OH is 1. The van der Waals surface area contributed by atoms with E-state index in [2.05, 4.69) is 30.8 Å². The zero-order chi connectivity index (χ0) is 25.9. The minimum atomic E-state index is -0.555. The Morgan fingerprint density at radius 2 is 2.11 bits per heavy atom. The van der Waals surface area contributed by atoms with Crippen LogP contribution >= 0.6 is 11.8 Å². The number of amides is 3. The van der Waals surface area contributed by atoms with E-state index in [0.29, 0.717) is 24.8 Å². The summed E-state index contributed by atoms with van der Waals surface area (Å²) >= 11 is 1.92. The highest BCUT2D eigenvalue weighted by Crippen LogP contribution is 2.33. The van der Waals surface area contributed by atoms with Gasteiger partial charge in [-0.3, -0.25) is 19.7 Å². The summed E-state index contributed by atoms with van der Waals surface area (Å²) in [4.78, 5) is 34.9. The second-order valence-electron chi connectivity index (χ2n) is 10.1. The van der Waals surface area contributed by atoms with Gasteiger partial charge >= 0.3 is 6.03 Å². The number of nitrogens with zero attached hydrogens (tertiary/aromatic N) is 3. The first-order valence-corrected chi connectivity index (χ1v) is 14.6.